The Balaban J connectivity index is 2.86. The lowest BCUT2D eigenvalue weighted by atomic mass is 9.95. The summed E-state index contributed by atoms with van der Waals surface area (Å²) in [5.41, 5.74) is 0.808. The second-order valence-electron chi connectivity index (χ2n) is 4.33. The Morgan fingerprint density at radius 1 is 1.32 bits per heavy atom. The Kier molecular flexibility index (Phi) is 6.07. The van der Waals surface area contributed by atoms with Crippen molar-refractivity contribution in [2.45, 2.75) is 39.5 Å². The van der Waals surface area contributed by atoms with Gasteiger partial charge < -0.3 is 9.47 Å². The maximum Gasteiger partial charge on any atom is 0.348 e. The average molecular weight is 265 g/mol. The number of carbonyl (C=O) groups is 2. The van der Waals surface area contributed by atoms with Crippen molar-refractivity contribution in [3.63, 3.8) is 0 Å². The molecule has 0 aromatic carbocycles. The maximum absolute atomic E-state index is 11.7. The number of ether oxygens (including phenoxy) is 2. The van der Waals surface area contributed by atoms with Crippen LogP contribution < -0.4 is 0 Å². The van der Waals surface area contributed by atoms with Gasteiger partial charge in [0.25, 0.3) is 0 Å². The first kappa shape index (κ1) is 15.2. The summed E-state index contributed by atoms with van der Waals surface area (Å²) in [5, 5.41) is 9.11. The van der Waals surface area contributed by atoms with Gasteiger partial charge in [-0.15, -0.1) is 0 Å². The second kappa shape index (κ2) is 7.57. The number of nitriles is 1. The van der Waals surface area contributed by atoms with E-state index in [0.717, 1.165) is 18.4 Å². The zero-order valence-electron chi connectivity index (χ0n) is 11.4. The molecule has 0 spiro atoms. The fourth-order valence-corrected chi connectivity index (χ4v) is 2.34. The molecular weight excluding hydrogens is 246 g/mol. The van der Waals surface area contributed by atoms with Crippen LogP contribution in [0.25, 0.3) is 0 Å². The third-order valence-corrected chi connectivity index (χ3v) is 3.12. The van der Waals surface area contributed by atoms with Crippen LogP contribution in [0.3, 0.4) is 0 Å². The van der Waals surface area contributed by atoms with E-state index in [2.05, 4.69) is 0 Å². The summed E-state index contributed by atoms with van der Waals surface area (Å²) in [6, 6.07) is 1.92. The third kappa shape index (κ3) is 4.09. The van der Waals surface area contributed by atoms with E-state index in [1.807, 2.05) is 6.07 Å². The monoisotopic (exact) mass is 265 g/mol. The second-order valence-corrected chi connectivity index (χ2v) is 4.33. The molecule has 1 fully saturated rings. The van der Waals surface area contributed by atoms with Gasteiger partial charge in [-0.25, -0.2) is 4.79 Å². The third-order valence-electron chi connectivity index (χ3n) is 3.12. The minimum absolute atomic E-state index is 0.0636. The number of allylic oxidation sites excluding steroid dienone is 1. The molecule has 0 saturated heterocycles. The Hall–Kier alpha value is -1.83. The molecule has 1 aliphatic carbocycles. The van der Waals surface area contributed by atoms with E-state index >= 15 is 0 Å². The summed E-state index contributed by atoms with van der Waals surface area (Å²) in [6.45, 7) is 4.03. The van der Waals surface area contributed by atoms with E-state index in [4.69, 9.17) is 14.7 Å². The average Bonchev–Trinajstić information content (AvgIpc) is 2.79. The van der Waals surface area contributed by atoms with Crippen molar-refractivity contribution < 1.29 is 19.1 Å². The Morgan fingerprint density at radius 2 is 2.00 bits per heavy atom. The molecule has 0 bridgehead atoms. The van der Waals surface area contributed by atoms with Crippen LogP contribution in [0.1, 0.15) is 39.5 Å². The van der Waals surface area contributed by atoms with Crippen molar-refractivity contribution in [3.05, 3.63) is 11.1 Å². The Bertz CT molecular complexity index is 420. The van der Waals surface area contributed by atoms with E-state index in [1.54, 1.807) is 13.8 Å². The predicted molar refractivity (Wildman–Crippen MR) is 67.9 cm³/mol. The summed E-state index contributed by atoms with van der Waals surface area (Å²) >= 11 is 0. The number of rotatable bonds is 5. The summed E-state index contributed by atoms with van der Waals surface area (Å²) in [6.07, 6.45) is 2.59. The lowest BCUT2D eigenvalue weighted by Crippen LogP contribution is -2.15. The molecule has 0 radical (unpaired) electrons. The van der Waals surface area contributed by atoms with Crippen LogP contribution in [-0.2, 0) is 19.1 Å². The molecule has 104 valence electrons. The normalized spacial score (nSPS) is 20.6. The van der Waals surface area contributed by atoms with Gasteiger partial charge in [0.05, 0.1) is 19.6 Å². The van der Waals surface area contributed by atoms with Crippen LogP contribution in [0.5, 0.6) is 0 Å². The summed E-state index contributed by atoms with van der Waals surface area (Å²) in [7, 11) is 0. The van der Waals surface area contributed by atoms with Gasteiger partial charge >= 0.3 is 11.9 Å². The molecule has 1 saturated carbocycles. The van der Waals surface area contributed by atoms with Gasteiger partial charge in [0.1, 0.15) is 11.6 Å². The number of hydrogen-bond acceptors (Lipinski definition) is 5. The first-order valence-electron chi connectivity index (χ1n) is 6.59. The molecule has 0 heterocycles. The first-order valence-corrected chi connectivity index (χ1v) is 6.59. The van der Waals surface area contributed by atoms with Crippen molar-refractivity contribution in [2.75, 3.05) is 13.2 Å². The first-order chi connectivity index (χ1) is 9.13. The van der Waals surface area contributed by atoms with Crippen LogP contribution >= 0.6 is 0 Å². The highest BCUT2D eigenvalue weighted by atomic mass is 16.5. The van der Waals surface area contributed by atoms with Gasteiger partial charge in [-0.05, 0) is 44.6 Å². The highest BCUT2D eigenvalue weighted by Gasteiger charge is 2.29. The number of esters is 2. The maximum atomic E-state index is 11.7. The molecule has 1 rings (SSSR count). The lowest BCUT2D eigenvalue weighted by Gasteiger charge is -2.12. The molecule has 19 heavy (non-hydrogen) atoms. The largest absolute Gasteiger partial charge is 0.466 e. The zero-order chi connectivity index (χ0) is 14.3. The van der Waals surface area contributed by atoms with Gasteiger partial charge in [-0.2, -0.15) is 5.26 Å². The van der Waals surface area contributed by atoms with Gasteiger partial charge in [0, 0.05) is 0 Å². The van der Waals surface area contributed by atoms with E-state index in [9.17, 15) is 9.59 Å². The highest BCUT2D eigenvalue weighted by Crippen LogP contribution is 2.36. The van der Waals surface area contributed by atoms with Gasteiger partial charge in [-0.3, -0.25) is 4.79 Å². The SMILES string of the molecule is CCOC(=O)CC1CCC/C1=C(\C#N)C(=O)OCC. The fraction of sp³-hybridized carbons (Fsp3) is 0.643. The minimum atomic E-state index is -0.587. The van der Waals surface area contributed by atoms with Crippen LogP contribution in [-0.4, -0.2) is 25.2 Å². The van der Waals surface area contributed by atoms with Crippen LogP contribution in [0, 0.1) is 17.2 Å². The molecule has 0 amide bonds. The molecule has 0 N–H and O–H groups in total. The van der Waals surface area contributed by atoms with E-state index in [0.29, 0.717) is 13.0 Å². The number of nitrogens with zero attached hydrogens (tertiary/aromatic N) is 1. The minimum Gasteiger partial charge on any atom is -0.466 e. The smallest absolute Gasteiger partial charge is 0.348 e. The summed E-state index contributed by atoms with van der Waals surface area (Å²) in [4.78, 5) is 23.2. The van der Waals surface area contributed by atoms with Crippen molar-refractivity contribution in [1.82, 2.24) is 0 Å². The topological polar surface area (TPSA) is 76.4 Å². The summed E-state index contributed by atoms with van der Waals surface area (Å²) < 4.78 is 9.79. The molecule has 0 aromatic heterocycles. The van der Waals surface area contributed by atoms with E-state index in [-0.39, 0.29) is 30.5 Å². The molecule has 1 atom stereocenters. The molecule has 1 unspecified atom stereocenters. The van der Waals surface area contributed by atoms with Gasteiger partial charge in [-0.1, -0.05) is 0 Å². The van der Waals surface area contributed by atoms with Gasteiger partial charge in [0.2, 0.25) is 0 Å². The molecule has 5 heteroatoms. The van der Waals surface area contributed by atoms with Gasteiger partial charge in [0.15, 0.2) is 0 Å². The molecule has 0 aliphatic heterocycles. The zero-order valence-corrected chi connectivity index (χ0v) is 11.4. The van der Waals surface area contributed by atoms with Crippen molar-refractivity contribution >= 4 is 11.9 Å². The lowest BCUT2D eigenvalue weighted by molar-refractivity contribution is -0.144. The summed E-state index contributed by atoms with van der Waals surface area (Å²) in [5.74, 6) is -0.943. The molecule has 5 nitrogen and oxygen atoms in total. The van der Waals surface area contributed by atoms with Crippen molar-refractivity contribution in [1.29, 1.82) is 5.26 Å². The quantitative estimate of drug-likeness (QED) is 0.432. The van der Waals surface area contributed by atoms with Crippen LogP contribution in [0.4, 0.5) is 0 Å². The Morgan fingerprint density at radius 3 is 2.58 bits per heavy atom. The van der Waals surface area contributed by atoms with Crippen molar-refractivity contribution in [2.24, 2.45) is 5.92 Å². The molecular formula is C14H19NO4. The van der Waals surface area contributed by atoms with Crippen molar-refractivity contribution in [3.8, 4) is 6.07 Å². The van der Waals surface area contributed by atoms with Crippen LogP contribution in [0.15, 0.2) is 11.1 Å². The fourth-order valence-electron chi connectivity index (χ4n) is 2.34. The highest BCUT2D eigenvalue weighted by molar-refractivity contribution is 5.94. The molecule has 0 aromatic rings. The predicted octanol–water partition coefficient (Wildman–Crippen LogP) is 2.12. The van der Waals surface area contributed by atoms with Crippen LogP contribution in [0.2, 0.25) is 0 Å². The number of carbonyl (C=O) groups excluding carboxylic acids is 2. The standard InChI is InChI=1S/C14H19NO4/c1-3-18-13(16)8-10-6-5-7-11(10)12(9-15)14(17)19-4-2/h10H,3-8H2,1-2H3/b12-11-. The van der Waals surface area contributed by atoms with E-state index < -0.39 is 5.97 Å². The Labute approximate surface area is 113 Å². The molecule has 1 aliphatic rings. The number of hydrogen-bond donors (Lipinski definition) is 0. The van der Waals surface area contributed by atoms with E-state index in [1.165, 1.54) is 0 Å².